The quantitative estimate of drug-likeness (QED) is 0.788. The second-order valence-corrected chi connectivity index (χ2v) is 4.78. The molecule has 0 saturated heterocycles. The van der Waals surface area contributed by atoms with Gasteiger partial charge in [-0.05, 0) is 48.9 Å². The predicted molar refractivity (Wildman–Crippen MR) is 82.6 cm³/mol. The standard InChI is InChI=1S/C17H18N2O/c1-20-15-7-8-17-16(11-15)13(9-10-18)12-19(17)14-5-3-2-4-6-14/h2-8,11-12H,9-10,18H2,1H3. The van der Waals surface area contributed by atoms with Gasteiger partial charge in [-0.1, -0.05) is 18.2 Å². The zero-order valence-electron chi connectivity index (χ0n) is 11.5. The van der Waals surface area contributed by atoms with Crippen LogP contribution in [0.15, 0.2) is 54.7 Å². The number of hydrogen-bond donors (Lipinski definition) is 1. The smallest absolute Gasteiger partial charge is 0.119 e. The fourth-order valence-corrected chi connectivity index (χ4v) is 2.56. The van der Waals surface area contributed by atoms with E-state index < -0.39 is 0 Å². The van der Waals surface area contributed by atoms with E-state index in [2.05, 4.69) is 35.0 Å². The molecular formula is C17H18N2O. The van der Waals surface area contributed by atoms with Crippen LogP contribution in [-0.2, 0) is 6.42 Å². The van der Waals surface area contributed by atoms with Crippen molar-refractivity contribution in [3.05, 3.63) is 60.3 Å². The molecule has 0 aliphatic carbocycles. The minimum Gasteiger partial charge on any atom is -0.497 e. The Hall–Kier alpha value is -2.26. The Labute approximate surface area is 118 Å². The van der Waals surface area contributed by atoms with Crippen LogP contribution in [0.4, 0.5) is 0 Å². The Morgan fingerprint density at radius 2 is 1.90 bits per heavy atom. The maximum absolute atomic E-state index is 5.73. The fraction of sp³-hybridized carbons (Fsp3) is 0.176. The number of ether oxygens (including phenoxy) is 1. The van der Waals surface area contributed by atoms with E-state index in [4.69, 9.17) is 10.5 Å². The van der Waals surface area contributed by atoms with E-state index in [1.54, 1.807) is 7.11 Å². The summed E-state index contributed by atoms with van der Waals surface area (Å²) in [5.41, 5.74) is 9.32. The summed E-state index contributed by atoms with van der Waals surface area (Å²) in [6, 6.07) is 16.5. The molecular weight excluding hydrogens is 248 g/mol. The molecule has 1 heterocycles. The number of fused-ring (bicyclic) bond motifs is 1. The van der Waals surface area contributed by atoms with Gasteiger partial charge in [0.15, 0.2) is 0 Å². The molecule has 0 bridgehead atoms. The molecule has 0 unspecified atom stereocenters. The summed E-state index contributed by atoms with van der Waals surface area (Å²) in [6.45, 7) is 0.644. The van der Waals surface area contributed by atoms with Crippen LogP contribution < -0.4 is 10.5 Å². The summed E-state index contributed by atoms with van der Waals surface area (Å²) >= 11 is 0. The monoisotopic (exact) mass is 266 g/mol. The highest BCUT2D eigenvalue weighted by atomic mass is 16.5. The van der Waals surface area contributed by atoms with E-state index >= 15 is 0 Å². The maximum Gasteiger partial charge on any atom is 0.119 e. The number of nitrogens with zero attached hydrogens (tertiary/aromatic N) is 1. The third kappa shape index (κ3) is 2.17. The third-order valence-electron chi connectivity index (χ3n) is 3.54. The van der Waals surface area contributed by atoms with Gasteiger partial charge in [0.25, 0.3) is 0 Å². The van der Waals surface area contributed by atoms with E-state index in [-0.39, 0.29) is 0 Å². The average molecular weight is 266 g/mol. The molecule has 3 aromatic rings. The molecule has 3 rings (SSSR count). The topological polar surface area (TPSA) is 40.2 Å². The average Bonchev–Trinajstić information content (AvgIpc) is 2.86. The molecule has 1 aromatic heterocycles. The first-order valence-corrected chi connectivity index (χ1v) is 6.77. The van der Waals surface area contributed by atoms with Crippen LogP contribution in [0.1, 0.15) is 5.56 Å². The van der Waals surface area contributed by atoms with Crippen LogP contribution in [0.3, 0.4) is 0 Å². The van der Waals surface area contributed by atoms with E-state index in [9.17, 15) is 0 Å². The summed E-state index contributed by atoms with van der Waals surface area (Å²) in [5.74, 6) is 0.876. The lowest BCUT2D eigenvalue weighted by Gasteiger charge is -2.05. The molecule has 20 heavy (non-hydrogen) atoms. The Morgan fingerprint density at radius 3 is 2.60 bits per heavy atom. The van der Waals surface area contributed by atoms with Gasteiger partial charge in [0.2, 0.25) is 0 Å². The first kappa shape index (κ1) is 12.8. The van der Waals surface area contributed by atoms with Gasteiger partial charge < -0.3 is 15.0 Å². The highest BCUT2D eigenvalue weighted by Crippen LogP contribution is 2.28. The number of para-hydroxylation sites is 1. The molecule has 3 nitrogen and oxygen atoms in total. The van der Waals surface area contributed by atoms with Crippen molar-refractivity contribution >= 4 is 10.9 Å². The molecule has 0 atom stereocenters. The molecule has 2 aromatic carbocycles. The van der Waals surface area contributed by atoms with Gasteiger partial charge in [-0.2, -0.15) is 0 Å². The van der Waals surface area contributed by atoms with Crippen molar-refractivity contribution in [1.82, 2.24) is 4.57 Å². The first-order valence-electron chi connectivity index (χ1n) is 6.77. The largest absolute Gasteiger partial charge is 0.497 e. The molecule has 0 saturated carbocycles. The Balaban J connectivity index is 2.23. The van der Waals surface area contributed by atoms with Gasteiger partial charge in [0, 0.05) is 17.3 Å². The lowest BCUT2D eigenvalue weighted by molar-refractivity contribution is 0.415. The maximum atomic E-state index is 5.73. The minimum absolute atomic E-state index is 0.644. The summed E-state index contributed by atoms with van der Waals surface area (Å²) in [6.07, 6.45) is 3.04. The van der Waals surface area contributed by atoms with Crippen LogP contribution in [0.5, 0.6) is 5.75 Å². The van der Waals surface area contributed by atoms with Gasteiger partial charge in [0.1, 0.15) is 5.75 Å². The molecule has 0 radical (unpaired) electrons. The molecule has 0 aliphatic heterocycles. The summed E-state index contributed by atoms with van der Waals surface area (Å²) in [5, 5.41) is 1.21. The predicted octanol–water partition coefficient (Wildman–Crippen LogP) is 3.14. The van der Waals surface area contributed by atoms with Crippen LogP contribution in [0, 0.1) is 0 Å². The number of methoxy groups -OCH3 is 1. The molecule has 0 aliphatic rings. The summed E-state index contributed by atoms with van der Waals surface area (Å²) in [4.78, 5) is 0. The highest BCUT2D eigenvalue weighted by molar-refractivity contribution is 5.87. The van der Waals surface area contributed by atoms with Crippen molar-refractivity contribution in [2.24, 2.45) is 5.73 Å². The van der Waals surface area contributed by atoms with Crippen LogP contribution >= 0.6 is 0 Å². The zero-order valence-corrected chi connectivity index (χ0v) is 11.5. The van der Waals surface area contributed by atoms with Crippen molar-refractivity contribution in [2.45, 2.75) is 6.42 Å². The Bertz CT molecular complexity index is 716. The minimum atomic E-state index is 0.644. The van der Waals surface area contributed by atoms with Gasteiger partial charge in [-0.15, -0.1) is 0 Å². The van der Waals surface area contributed by atoms with Crippen molar-refractivity contribution in [2.75, 3.05) is 13.7 Å². The van der Waals surface area contributed by atoms with Gasteiger partial charge in [-0.25, -0.2) is 0 Å². The second kappa shape index (κ2) is 5.39. The normalized spacial score (nSPS) is 10.9. The number of aromatic nitrogens is 1. The van der Waals surface area contributed by atoms with Crippen LogP contribution in [0.25, 0.3) is 16.6 Å². The highest BCUT2D eigenvalue weighted by Gasteiger charge is 2.10. The lowest BCUT2D eigenvalue weighted by atomic mass is 10.1. The fourth-order valence-electron chi connectivity index (χ4n) is 2.56. The number of hydrogen-bond acceptors (Lipinski definition) is 2. The summed E-state index contributed by atoms with van der Waals surface area (Å²) in [7, 11) is 1.69. The molecule has 0 fully saturated rings. The molecule has 0 amide bonds. The van der Waals surface area contributed by atoms with Gasteiger partial charge in [-0.3, -0.25) is 0 Å². The Kier molecular flexibility index (Phi) is 3.44. The van der Waals surface area contributed by atoms with Crippen molar-refractivity contribution in [3.63, 3.8) is 0 Å². The van der Waals surface area contributed by atoms with Gasteiger partial charge in [0.05, 0.1) is 12.6 Å². The van der Waals surface area contributed by atoms with E-state index in [0.717, 1.165) is 17.9 Å². The van der Waals surface area contributed by atoms with Gasteiger partial charge >= 0.3 is 0 Å². The third-order valence-corrected chi connectivity index (χ3v) is 3.54. The second-order valence-electron chi connectivity index (χ2n) is 4.78. The molecule has 102 valence electrons. The zero-order chi connectivity index (χ0) is 13.9. The van der Waals surface area contributed by atoms with E-state index in [0.29, 0.717) is 6.54 Å². The van der Waals surface area contributed by atoms with Crippen molar-refractivity contribution < 1.29 is 4.74 Å². The molecule has 2 N–H and O–H groups in total. The van der Waals surface area contributed by atoms with E-state index in [1.807, 2.05) is 24.3 Å². The number of rotatable bonds is 4. The van der Waals surface area contributed by atoms with Crippen molar-refractivity contribution in [1.29, 1.82) is 0 Å². The summed E-state index contributed by atoms with van der Waals surface area (Å²) < 4.78 is 7.54. The van der Waals surface area contributed by atoms with Crippen LogP contribution in [-0.4, -0.2) is 18.2 Å². The number of benzene rings is 2. The van der Waals surface area contributed by atoms with Crippen LogP contribution in [0.2, 0.25) is 0 Å². The molecule has 0 spiro atoms. The molecule has 3 heteroatoms. The SMILES string of the molecule is COc1ccc2c(c1)c(CCN)cn2-c1ccccc1. The number of nitrogens with two attached hydrogens (primary N) is 1. The first-order chi connectivity index (χ1) is 9.83. The van der Waals surface area contributed by atoms with E-state index in [1.165, 1.54) is 16.5 Å². The Morgan fingerprint density at radius 1 is 1.10 bits per heavy atom. The lowest BCUT2D eigenvalue weighted by Crippen LogP contribution is -2.02. The van der Waals surface area contributed by atoms with Crippen molar-refractivity contribution in [3.8, 4) is 11.4 Å².